The van der Waals surface area contributed by atoms with Crippen molar-refractivity contribution in [3.05, 3.63) is 65.0 Å². The van der Waals surface area contributed by atoms with Gasteiger partial charge in [0.25, 0.3) is 6.17 Å². The summed E-state index contributed by atoms with van der Waals surface area (Å²) in [5.41, 5.74) is 1.80. The van der Waals surface area contributed by atoms with Gasteiger partial charge in [-0.15, -0.1) is 0 Å². The first-order valence-corrected chi connectivity index (χ1v) is 11.3. The molecule has 0 heterocycles. The van der Waals surface area contributed by atoms with E-state index in [4.69, 9.17) is 0 Å². The first-order chi connectivity index (χ1) is 16.0. The van der Waals surface area contributed by atoms with Crippen molar-refractivity contribution in [2.24, 2.45) is 5.92 Å². The second-order valence-corrected chi connectivity index (χ2v) is 8.76. The van der Waals surface area contributed by atoms with Crippen molar-refractivity contribution in [2.45, 2.75) is 69.8 Å². The van der Waals surface area contributed by atoms with Crippen LogP contribution in [0.25, 0.3) is 12.2 Å². The van der Waals surface area contributed by atoms with Crippen molar-refractivity contribution in [1.29, 1.82) is 0 Å². The minimum Gasteiger partial charge on any atom is -0.430 e. The van der Waals surface area contributed by atoms with Gasteiger partial charge in [0.05, 0.1) is 0 Å². The summed E-state index contributed by atoms with van der Waals surface area (Å²) in [5.74, 6) is 0.121. The van der Waals surface area contributed by atoms with Crippen molar-refractivity contribution in [3.63, 3.8) is 0 Å². The van der Waals surface area contributed by atoms with Crippen molar-refractivity contribution in [2.75, 3.05) is 0 Å². The minimum atomic E-state index is -5.75. The highest BCUT2D eigenvalue weighted by Crippen LogP contribution is 2.38. The van der Waals surface area contributed by atoms with Gasteiger partial charge in [0.15, 0.2) is 0 Å². The first kappa shape index (κ1) is 26.1. The zero-order valence-corrected chi connectivity index (χ0v) is 18.7. The number of rotatable bonds is 8. The van der Waals surface area contributed by atoms with Crippen LogP contribution in [0.4, 0.5) is 30.7 Å². The lowest BCUT2D eigenvalue weighted by atomic mass is 9.77. The van der Waals surface area contributed by atoms with Crippen LogP contribution < -0.4 is 4.74 Å². The van der Waals surface area contributed by atoms with E-state index in [0.29, 0.717) is 17.0 Å². The van der Waals surface area contributed by atoms with Crippen molar-refractivity contribution in [1.82, 2.24) is 0 Å². The van der Waals surface area contributed by atoms with E-state index in [0.717, 1.165) is 49.3 Å². The van der Waals surface area contributed by atoms with Crippen LogP contribution in [0.3, 0.4) is 0 Å². The predicted octanol–water partition coefficient (Wildman–Crippen LogP) is 8.94. The molecule has 0 N–H and O–H groups in total. The summed E-state index contributed by atoms with van der Waals surface area (Å²) in [7, 11) is 0. The Morgan fingerprint density at radius 3 is 2.15 bits per heavy atom. The molecule has 1 atom stereocenters. The zero-order valence-electron chi connectivity index (χ0n) is 18.7. The van der Waals surface area contributed by atoms with E-state index < -0.39 is 24.2 Å². The molecule has 3 rings (SSSR count). The molecule has 0 aliphatic heterocycles. The molecule has 1 fully saturated rings. The van der Waals surface area contributed by atoms with Crippen LogP contribution in [0, 0.1) is 11.7 Å². The SMILES string of the molecule is CCCC1CCC(c2ccc(/C=C/c3ccc(OC(F)(F)C(F)C(F)(F)F)cc3)c(F)c2)CC1. The largest absolute Gasteiger partial charge is 0.439 e. The van der Waals surface area contributed by atoms with Gasteiger partial charge in [-0.1, -0.05) is 56.2 Å². The number of halogens is 7. The Kier molecular flexibility index (Phi) is 8.31. The van der Waals surface area contributed by atoms with E-state index in [9.17, 15) is 30.7 Å². The van der Waals surface area contributed by atoms with Gasteiger partial charge in [-0.25, -0.2) is 8.78 Å². The Hall–Kier alpha value is -2.51. The fraction of sp³-hybridized carbons (Fsp3) is 0.462. The van der Waals surface area contributed by atoms with E-state index >= 15 is 0 Å². The van der Waals surface area contributed by atoms with Crippen LogP contribution in [0.2, 0.25) is 0 Å². The van der Waals surface area contributed by atoms with E-state index in [2.05, 4.69) is 11.7 Å². The maximum Gasteiger partial charge on any atom is 0.439 e. The fourth-order valence-corrected chi connectivity index (χ4v) is 4.36. The molecular formula is C26H27F7O. The number of ether oxygens (including phenoxy) is 1. The highest BCUT2D eigenvalue weighted by molar-refractivity contribution is 5.70. The zero-order chi connectivity index (χ0) is 24.9. The third-order valence-corrected chi connectivity index (χ3v) is 6.21. The van der Waals surface area contributed by atoms with Crippen molar-refractivity contribution in [3.8, 4) is 5.75 Å². The molecular weight excluding hydrogens is 461 g/mol. The topological polar surface area (TPSA) is 9.23 Å². The fourth-order valence-electron chi connectivity index (χ4n) is 4.36. The molecule has 186 valence electrons. The lowest BCUT2D eigenvalue weighted by Gasteiger charge is -2.28. The smallest absolute Gasteiger partial charge is 0.430 e. The Labute approximate surface area is 194 Å². The maximum atomic E-state index is 14.6. The standard InChI is InChI=1S/C26H27F7O/c1-2-3-17-4-9-19(10-5-17)21-13-12-20(23(27)16-21)11-6-18-7-14-22(15-8-18)34-26(32,33)24(28)25(29,30)31/h6-8,11-17,19,24H,2-5,9-10H2,1H3/b11-6+. The third kappa shape index (κ3) is 6.76. The van der Waals surface area contributed by atoms with Crippen LogP contribution in [0.1, 0.15) is 68.1 Å². The molecule has 0 radical (unpaired) electrons. The number of hydrogen-bond acceptors (Lipinski definition) is 1. The average Bonchev–Trinajstić information content (AvgIpc) is 2.78. The average molecular weight is 488 g/mol. The molecule has 0 aromatic heterocycles. The predicted molar refractivity (Wildman–Crippen MR) is 118 cm³/mol. The first-order valence-electron chi connectivity index (χ1n) is 11.3. The molecule has 1 aliphatic rings. The highest BCUT2D eigenvalue weighted by atomic mass is 19.4. The number of benzene rings is 2. The molecule has 0 bridgehead atoms. The van der Waals surface area contributed by atoms with Gasteiger partial charge in [0.1, 0.15) is 11.6 Å². The second kappa shape index (κ2) is 10.8. The molecule has 1 saturated carbocycles. The quantitative estimate of drug-likeness (QED) is 0.266. The Balaban J connectivity index is 1.61. The van der Waals surface area contributed by atoms with E-state index in [-0.39, 0.29) is 5.82 Å². The van der Waals surface area contributed by atoms with Crippen LogP contribution >= 0.6 is 0 Å². The summed E-state index contributed by atoms with van der Waals surface area (Å²) in [4.78, 5) is 0. The maximum absolute atomic E-state index is 14.6. The van der Waals surface area contributed by atoms with Gasteiger partial charge < -0.3 is 4.74 Å². The van der Waals surface area contributed by atoms with Gasteiger partial charge in [-0.05, 0) is 66.8 Å². The molecule has 34 heavy (non-hydrogen) atoms. The monoisotopic (exact) mass is 488 g/mol. The van der Waals surface area contributed by atoms with E-state index in [1.54, 1.807) is 12.1 Å². The normalized spacial score (nSPS) is 20.5. The summed E-state index contributed by atoms with van der Waals surface area (Å²) < 4.78 is 94.8. The Bertz CT molecular complexity index is 958. The minimum absolute atomic E-state index is 0.348. The van der Waals surface area contributed by atoms with Crippen molar-refractivity contribution >= 4 is 12.2 Å². The lowest BCUT2D eigenvalue weighted by molar-refractivity contribution is -0.304. The molecule has 8 heteroatoms. The molecule has 2 aromatic rings. The van der Waals surface area contributed by atoms with Crippen LogP contribution in [0.5, 0.6) is 5.75 Å². The molecule has 1 nitrogen and oxygen atoms in total. The summed E-state index contributed by atoms with van der Waals surface area (Å²) >= 11 is 0. The van der Waals surface area contributed by atoms with Gasteiger partial charge in [-0.2, -0.15) is 22.0 Å². The van der Waals surface area contributed by atoms with Crippen LogP contribution in [-0.4, -0.2) is 18.5 Å². The van der Waals surface area contributed by atoms with E-state index in [1.807, 2.05) is 6.07 Å². The van der Waals surface area contributed by atoms with Crippen LogP contribution in [0.15, 0.2) is 42.5 Å². The van der Waals surface area contributed by atoms with E-state index in [1.165, 1.54) is 37.1 Å². The van der Waals surface area contributed by atoms with Crippen molar-refractivity contribution < 1.29 is 35.5 Å². The molecule has 0 saturated heterocycles. The van der Waals surface area contributed by atoms with Gasteiger partial charge in [0, 0.05) is 5.56 Å². The molecule has 2 aromatic carbocycles. The number of alkyl halides is 6. The third-order valence-electron chi connectivity index (χ3n) is 6.21. The highest BCUT2D eigenvalue weighted by Gasteiger charge is 2.59. The summed E-state index contributed by atoms with van der Waals surface area (Å²) in [6, 6.07) is 9.73. The van der Waals surface area contributed by atoms with Gasteiger partial charge in [-0.3, -0.25) is 0 Å². The molecule has 1 unspecified atom stereocenters. The molecule has 0 amide bonds. The summed E-state index contributed by atoms with van der Waals surface area (Å²) in [6.45, 7) is 2.19. The van der Waals surface area contributed by atoms with Gasteiger partial charge >= 0.3 is 12.3 Å². The van der Waals surface area contributed by atoms with Crippen LogP contribution in [-0.2, 0) is 0 Å². The molecule has 1 aliphatic carbocycles. The lowest BCUT2D eigenvalue weighted by Crippen LogP contribution is -2.45. The van der Waals surface area contributed by atoms with Gasteiger partial charge in [0.2, 0.25) is 0 Å². The number of hydrogen-bond donors (Lipinski definition) is 0. The summed E-state index contributed by atoms with van der Waals surface area (Å²) in [5, 5.41) is 0. The Morgan fingerprint density at radius 1 is 0.941 bits per heavy atom. The summed E-state index contributed by atoms with van der Waals surface area (Å²) in [6.07, 6.45) is -5.35. The second-order valence-electron chi connectivity index (χ2n) is 8.76. The molecule has 0 spiro atoms. The Morgan fingerprint density at radius 2 is 1.59 bits per heavy atom.